The molecule has 0 saturated carbocycles. The first kappa shape index (κ1) is 21.5. The molecule has 3 rings (SSSR count). The van der Waals surface area contributed by atoms with Crippen molar-refractivity contribution in [2.45, 2.75) is 34.3 Å². The predicted molar refractivity (Wildman–Crippen MR) is 120 cm³/mol. The van der Waals surface area contributed by atoms with E-state index in [2.05, 4.69) is 34.6 Å². The summed E-state index contributed by atoms with van der Waals surface area (Å²) < 4.78 is 11.7. The number of rotatable bonds is 8. The van der Waals surface area contributed by atoms with E-state index in [0.717, 1.165) is 16.1 Å². The van der Waals surface area contributed by atoms with E-state index in [1.807, 2.05) is 51.1 Å². The number of nitrogens with zero attached hydrogens (tertiary/aromatic N) is 2. The first-order chi connectivity index (χ1) is 14.5. The van der Waals surface area contributed by atoms with Gasteiger partial charge in [0.15, 0.2) is 11.5 Å². The normalized spacial score (nSPS) is 10.9. The quantitative estimate of drug-likeness (QED) is 0.417. The second kappa shape index (κ2) is 10.0. The number of benzene rings is 2. The van der Waals surface area contributed by atoms with Crippen LogP contribution in [0.3, 0.4) is 0 Å². The molecular weight excluding hydrogens is 398 g/mol. The van der Waals surface area contributed by atoms with Crippen LogP contribution in [0.15, 0.2) is 47.6 Å². The highest BCUT2D eigenvalue weighted by atomic mass is 32.1. The highest BCUT2D eigenvalue weighted by molar-refractivity contribution is 7.13. The summed E-state index contributed by atoms with van der Waals surface area (Å²) in [5.74, 6) is 1.03. The lowest BCUT2D eigenvalue weighted by molar-refractivity contribution is 0.0958. The zero-order chi connectivity index (χ0) is 21.5. The van der Waals surface area contributed by atoms with Crippen molar-refractivity contribution in [3.05, 3.63) is 74.7 Å². The van der Waals surface area contributed by atoms with Gasteiger partial charge in [-0.05, 0) is 57.0 Å². The fourth-order valence-corrected chi connectivity index (χ4v) is 3.72. The van der Waals surface area contributed by atoms with Crippen LogP contribution in [0, 0.1) is 20.8 Å². The molecule has 0 radical (unpaired) electrons. The Morgan fingerprint density at radius 3 is 2.67 bits per heavy atom. The Labute approximate surface area is 180 Å². The number of hydrogen-bond acceptors (Lipinski definition) is 6. The van der Waals surface area contributed by atoms with Crippen LogP contribution in [0.5, 0.6) is 11.5 Å². The first-order valence-electron chi connectivity index (χ1n) is 9.69. The summed E-state index contributed by atoms with van der Waals surface area (Å²) in [4.78, 5) is 17.1. The maximum atomic E-state index is 12.2. The number of carbonyl (C=O) groups is 1. The molecule has 2 aromatic carbocycles. The van der Waals surface area contributed by atoms with Crippen LogP contribution in [-0.4, -0.2) is 23.7 Å². The van der Waals surface area contributed by atoms with E-state index in [-0.39, 0.29) is 5.91 Å². The second-order valence-electron chi connectivity index (χ2n) is 6.76. The van der Waals surface area contributed by atoms with Gasteiger partial charge in [-0.25, -0.2) is 10.4 Å². The number of carbonyl (C=O) groups excluding carboxylic acids is 1. The van der Waals surface area contributed by atoms with Gasteiger partial charge in [-0.1, -0.05) is 29.8 Å². The molecule has 0 aliphatic rings. The molecule has 1 amide bonds. The maximum absolute atomic E-state index is 12.2. The number of aromatic nitrogens is 1. The molecule has 6 nitrogen and oxygen atoms in total. The largest absolute Gasteiger partial charge is 0.490 e. The van der Waals surface area contributed by atoms with Gasteiger partial charge in [0.2, 0.25) is 0 Å². The summed E-state index contributed by atoms with van der Waals surface area (Å²) in [6, 6.07) is 13.7. The van der Waals surface area contributed by atoms with Crippen molar-refractivity contribution in [2.24, 2.45) is 5.10 Å². The highest BCUT2D eigenvalue weighted by Crippen LogP contribution is 2.29. The van der Waals surface area contributed by atoms with Crippen LogP contribution < -0.4 is 14.9 Å². The molecule has 0 fully saturated rings. The van der Waals surface area contributed by atoms with Crippen LogP contribution in [0.25, 0.3) is 0 Å². The highest BCUT2D eigenvalue weighted by Gasteiger charge is 2.13. The Balaban J connectivity index is 1.67. The smallest absolute Gasteiger partial charge is 0.283 e. The molecule has 0 aliphatic heterocycles. The standard InChI is InChI=1S/C23H25N3O3S/c1-5-28-21-12-18(13-24-26-23(27)22-16(3)25-17(4)30-22)9-10-20(21)29-14-19-8-6-7-15(2)11-19/h6-13H,5,14H2,1-4H3,(H,26,27)/b24-13+. The lowest BCUT2D eigenvalue weighted by Crippen LogP contribution is -2.17. The van der Waals surface area contributed by atoms with Crippen molar-refractivity contribution in [3.63, 3.8) is 0 Å². The minimum atomic E-state index is -0.266. The lowest BCUT2D eigenvalue weighted by Gasteiger charge is -2.13. The first-order valence-corrected chi connectivity index (χ1v) is 10.5. The van der Waals surface area contributed by atoms with E-state index in [4.69, 9.17) is 9.47 Å². The van der Waals surface area contributed by atoms with Gasteiger partial charge in [-0.15, -0.1) is 11.3 Å². The monoisotopic (exact) mass is 423 g/mol. The number of thiazole rings is 1. The summed E-state index contributed by atoms with van der Waals surface area (Å²) in [5.41, 5.74) is 6.34. The average Bonchev–Trinajstić information content (AvgIpc) is 3.06. The zero-order valence-electron chi connectivity index (χ0n) is 17.6. The third-order valence-corrected chi connectivity index (χ3v) is 5.31. The molecule has 0 spiro atoms. The van der Waals surface area contributed by atoms with Crippen LogP contribution >= 0.6 is 11.3 Å². The zero-order valence-corrected chi connectivity index (χ0v) is 18.4. The molecule has 0 unspecified atom stereocenters. The lowest BCUT2D eigenvalue weighted by atomic mass is 10.1. The van der Waals surface area contributed by atoms with Crippen molar-refractivity contribution in [2.75, 3.05) is 6.61 Å². The molecule has 0 atom stereocenters. The van der Waals surface area contributed by atoms with Crippen LogP contribution in [0.1, 0.15) is 44.0 Å². The van der Waals surface area contributed by atoms with Crippen molar-refractivity contribution < 1.29 is 14.3 Å². The molecule has 3 aromatic rings. The molecule has 7 heteroatoms. The number of nitrogens with one attached hydrogen (secondary N) is 1. The average molecular weight is 424 g/mol. The third kappa shape index (κ3) is 5.67. The minimum absolute atomic E-state index is 0.266. The van der Waals surface area contributed by atoms with Gasteiger partial charge in [0.1, 0.15) is 11.5 Å². The van der Waals surface area contributed by atoms with E-state index in [0.29, 0.717) is 35.3 Å². The third-order valence-electron chi connectivity index (χ3n) is 4.23. The van der Waals surface area contributed by atoms with Crippen molar-refractivity contribution in [3.8, 4) is 11.5 Å². The van der Waals surface area contributed by atoms with Crippen molar-refractivity contribution >= 4 is 23.5 Å². The Morgan fingerprint density at radius 1 is 1.13 bits per heavy atom. The minimum Gasteiger partial charge on any atom is -0.490 e. The molecule has 156 valence electrons. The molecule has 0 aliphatic carbocycles. The molecule has 1 aromatic heterocycles. The Kier molecular flexibility index (Phi) is 7.19. The fraction of sp³-hybridized carbons (Fsp3) is 0.261. The predicted octanol–water partition coefficient (Wildman–Crippen LogP) is 4.81. The van der Waals surface area contributed by atoms with E-state index >= 15 is 0 Å². The topological polar surface area (TPSA) is 72.8 Å². The van der Waals surface area contributed by atoms with Gasteiger partial charge in [0.05, 0.1) is 23.5 Å². The number of hydrazone groups is 1. The molecule has 0 bridgehead atoms. The Hall–Kier alpha value is -3.19. The van der Waals surface area contributed by atoms with Gasteiger partial charge in [0.25, 0.3) is 5.91 Å². The van der Waals surface area contributed by atoms with Crippen molar-refractivity contribution in [1.82, 2.24) is 10.4 Å². The van der Waals surface area contributed by atoms with Gasteiger partial charge >= 0.3 is 0 Å². The van der Waals surface area contributed by atoms with Crippen molar-refractivity contribution in [1.29, 1.82) is 0 Å². The Morgan fingerprint density at radius 2 is 1.97 bits per heavy atom. The summed E-state index contributed by atoms with van der Waals surface area (Å²) in [7, 11) is 0. The van der Waals surface area contributed by atoms with Crippen LogP contribution in [-0.2, 0) is 6.61 Å². The van der Waals surface area contributed by atoms with E-state index < -0.39 is 0 Å². The second-order valence-corrected chi connectivity index (χ2v) is 7.97. The van der Waals surface area contributed by atoms with Crippen LogP contribution in [0.4, 0.5) is 0 Å². The van der Waals surface area contributed by atoms with Gasteiger partial charge in [0, 0.05) is 0 Å². The summed E-state index contributed by atoms with van der Waals surface area (Å²) >= 11 is 1.35. The fourth-order valence-electron chi connectivity index (χ4n) is 2.91. The number of aryl methyl sites for hydroxylation is 3. The van der Waals surface area contributed by atoms with Gasteiger partial charge < -0.3 is 9.47 Å². The van der Waals surface area contributed by atoms with E-state index in [1.54, 1.807) is 6.21 Å². The number of amides is 1. The maximum Gasteiger partial charge on any atom is 0.283 e. The van der Waals surface area contributed by atoms with Crippen LogP contribution in [0.2, 0.25) is 0 Å². The number of hydrogen-bond donors (Lipinski definition) is 1. The Bertz CT molecular complexity index is 1060. The summed E-state index contributed by atoms with van der Waals surface area (Å²) in [6.07, 6.45) is 1.58. The molecule has 30 heavy (non-hydrogen) atoms. The SMILES string of the molecule is CCOc1cc(/C=N/NC(=O)c2sc(C)nc2C)ccc1OCc1cccc(C)c1. The molecular formula is C23H25N3O3S. The summed E-state index contributed by atoms with van der Waals surface area (Å²) in [5, 5.41) is 4.91. The van der Waals surface area contributed by atoms with E-state index in [1.165, 1.54) is 16.9 Å². The molecule has 0 saturated heterocycles. The molecule has 1 N–H and O–H groups in total. The van der Waals surface area contributed by atoms with E-state index in [9.17, 15) is 4.79 Å². The molecule has 1 heterocycles. The number of ether oxygens (including phenoxy) is 2. The van der Waals surface area contributed by atoms with Gasteiger partial charge in [-0.2, -0.15) is 5.10 Å². The summed E-state index contributed by atoms with van der Waals surface area (Å²) in [6.45, 7) is 8.63. The van der Waals surface area contributed by atoms with Gasteiger partial charge in [-0.3, -0.25) is 4.79 Å².